The molecule has 1 amide bonds. The summed E-state index contributed by atoms with van der Waals surface area (Å²) >= 11 is 5.96. The Morgan fingerprint density at radius 3 is 2.87 bits per heavy atom. The zero-order valence-electron chi connectivity index (χ0n) is 20.8. The van der Waals surface area contributed by atoms with Gasteiger partial charge in [0, 0.05) is 42.3 Å². The maximum Gasteiger partial charge on any atom is 0.248 e. The van der Waals surface area contributed by atoms with E-state index in [1.165, 1.54) is 18.5 Å². The van der Waals surface area contributed by atoms with Crippen LogP contribution in [0, 0.1) is 5.82 Å². The molecule has 6 rings (SSSR count). The van der Waals surface area contributed by atoms with Gasteiger partial charge >= 0.3 is 0 Å². The van der Waals surface area contributed by atoms with Crippen molar-refractivity contribution in [3.05, 3.63) is 59.7 Å². The number of likely N-dealkylation sites (tertiary alicyclic amines) is 1. The minimum Gasteiger partial charge on any atom is -0.488 e. The van der Waals surface area contributed by atoms with Crippen LogP contribution in [0.3, 0.4) is 0 Å². The number of fused-ring (bicyclic) bond motifs is 3. The third-order valence-electron chi connectivity index (χ3n) is 7.40. The minimum atomic E-state index is -0.498. The van der Waals surface area contributed by atoms with Crippen LogP contribution in [0.4, 0.5) is 21.6 Å². The first-order valence-corrected chi connectivity index (χ1v) is 13.4. The number of morpholine rings is 1. The Morgan fingerprint density at radius 2 is 2.11 bits per heavy atom. The molecule has 198 valence electrons. The summed E-state index contributed by atoms with van der Waals surface area (Å²) in [6, 6.07) is 8.46. The third kappa shape index (κ3) is 5.45. The fourth-order valence-electron chi connectivity index (χ4n) is 5.45. The lowest BCUT2D eigenvalue weighted by Crippen LogP contribution is -2.36. The topological polar surface area (TPSA) is 88.6 Å². The highest BCUT2D eigenvalue weighted by molar-refractivity contribution is 6.31. The number of carbonyl (C=O) groups is 1. The van der Waals surface area contributed by atoms with Gasteiger partial charge in [-0.15, -0.1) is 0 Å². The fourth-order valence-corrected chi connectivity index (χ4v) is 5.63. The molecule has 2 saturated heterocycles. The van der Waals surface area contributed by atoms with Crippen molar-refractivity contribution in [3.8, 4) is 5.75 Å². The quantitative estimate of drug-likeness (QED) is 0.369. The van der Waals surface area contributed by atoms with Gasteiger partial charge in [0.15, 0.2) is 0 Å². The van der Waals surface area contributed by atoms with Gasteiger partial charge < -0.3 is 20.1 Å². The molecule has 1 saturated carbocycles. The molecule has 0 spiro atoms. The van der Waals surface area contributed by atoms with Crippen molar-refractivity contribution in [3.63, 3.8) is 0 Å². The number of amides is 1. The van der Waals surface area contributed by atoms with E-state index in [2.05, 4.69) is 25.5 Å². The summed E-state index contributed by atoms with van der Waals surface area (Å²) < 4.78 is 25.6. The van der Waals surface area contributed by atoms with Crippen molar-refractivity contribution in [2.45, 2.75) is 50.4 Å². The summed E-state index contributed by atoms with van der Waals surface area (Å²) in [6.45, 7) is 2.39. The lowest BCUT2D eigenvalue weighted by molar-refractivity contribution is -0.111. The van der Waals surface area contributed by atoms with Crippen molar-refractivity contribution in [2.24, 2.45) is 0 Å². The van der Waals surface area contributed by atoms with Gasteiger partial charge in [-0.3, -0.25) is 9.69 Å². The molecule has 1 aromatic heterocycles. The molecule has 38 heavy (non-hydrogen) atoms. The molecule has 2 aliphatic heterocycles. The zero-order chi connectivity index (χ0) is 26.1. The van der Waals surface area contributed by atoms with Crippen molar-refractivity contribution in [1.29, 1.82) is 0 Å². The number of nitrogens with one attached hydrogen (secondary N) is 2. The first-order valence-electron chi connectivity index (χ1n) is 13.0. The van der Waals surface area contributed by atoms with E-state index >= 15 is 0 Å². The van der Waals surface area contributed by atoms with E-state index in [1.807, 2.05) is 18.2 Å². The summed E-state index contributed by atoms with van der Waals surface area (Å²) in [5, 5.41) is 6.87. The summed E-state index contributed by atoms with van der Waals surface area (Å²) in [5.74, 6) is 0.344. The number of ether oxygens (including phenoxy) is 2. The number of carbonyl (C=O) groups excluding carboxylic acids is 1. The monoisotopic (exact) mass is 537 g/mol. The Kier molecular flexibility index (Phi) is 7.14. The van der Waals surface area contributed by atoms with Crippen LogP contribution in [0.1, 0.15) is 32.1 Å². The van der Waals surface area contributed by atoms with Crippen LogP contribution in [0.2, 0.25) is 5.02 Å². The first-order chi connectivity index (χ1) is 18.5. The Hall–Kier alpha value is -3.27. The van der Waals surface area contributed by atoms with E-state index in [1.54, 1.807) is 12.1 Å². The Labute approximate surface area is 225 Å². The van der Waals surface area contributed by atoms with Gasteiger partial charge in [0.1, 0.15) is 23.7 Å². The number of rotatable bonds is 8. The first kappa shape index (κ1) is 25.0. The predicted molar refractivity (Wildman–Crippen MR) is 145 cm³/mol. The molecule has 3 heterocycles. The van der Waals surface area contributed by atoms with Gasteiger partial charge in [-0.05, 0) is 56.4 Å². The van der Waals surface area contributed by atoms with Gasteiger partial charge in [0.2, 0.25) is 5.91 Å². The SMILES string of the molecule is O=C(C=CCN1C[C@@H]2C[C@H]1CO2)Nc1cc2c(Nc3ccc(F)c(Cl)c3)ncnc2cc1OC1CCCC1. The van der Waals surface area contributed by atoms with Crippen molar-refractivity contribution >= 4 is 45.6 Å². The zero-order valence-corrected chi connectivity index (χ0v) is 21.6. The third-order valence-corrected chi connectivity index (χ3v) is 7.69. The fraction of sp³-hybridized carbons (Fsp3) is 0.393. The number of hydrogen-bond donors (Lipinski definition) is 2. The second-order valence-electron chi connectivity index (χ2n) is 10.1. The average molecular weight is 538 g/mol. The summed E-state index contributed by atoms with van der Waals surface area (Å²) in [6.07, 6.45) is 10.6. The van der Waals surface area contributed by atoms with E-state index in [0.29, 0.717) is 52.5 Å². The molecule has 2 atom stereocenters. The second kappa shape index (κ2) is 10.8. The van der Waals surface area contributed by atoms with E-state index in [4.69, 9.17) is 21.1 Å². The molecule has 0 radical (unpaired) electrons. The van der Waals surface area contributed by atoms with E-state index in [0.717, 1.165) is 45.3 Å². The Balaban J connectivity index is 1.25. The normalized spacial score (nSPS) is 21.5. The molecular weight excluding hydrogens is 509 g/mol. The summed E-state index contributed by atoms with van der Waals surface area (Å²) in [5.41, 5.74) is 1.78. The highest BCUT2D eigenvalue weighted by Crippen LogP contribution is 2.36. The van der Waals surface area contributed by atoms with Crippen molar-refractivity contribution in [1.82, 2.24) is 14.9 Å². The van der Waals surface area contributed by atoms with E-state index in [9.17, 15) is 9.18 Å². The lowest BCUT2D eigenvalue weighted by Gasteiger charge is -2.25. The molecule has 3 aromatic rings. The largest absolute Gasteiger partial charge is 0.488 e. The van der Waals surface area contributed by atoms with Crippen LogP contribution in [0.5, 0.6) is 5.75 Å². The highest BCUT2D eigenvalue weighted by Gasteiger charge is 2.38. The molecule has 2 N–H and O–H groups in total. The lowest BCUT2D eigenvalue weighted by atomic mass is 10.1. The maximum atomic E-state index is 13.6. The predicted octanol–water partition coefficient (Wildman–Crippen LogP) is 5.46. The number of nitrogens with zero attached hydrogens (tertiary/aromatic N) is 3. The highest BCUT2D eigenvalue weighted by atomic mass is 35.5. The van der Waals surface area contributed by atoms with Crippen LogP contribution >= 0.6 is 11.6 Å². The minimum absolute atomic E-state index is 0.00892. The summed E-state index contributed by atoms with van der Waals surface area (Å²) in [7, 11) is 0. The van der Waals surface area contributed by atoms with Crippen LogP contribution in [0.15, 0.2) is 48.8 Å². The molecule has 1 aliphatic carbocycles. The average Bonchev–Trinajstić information content (AvgIpc) is 3.66. The molecule has 2 aromatic carbocycles. The van der Waals surface area contributed by atoms with Crippen LogP contribution in [0.25, 0.3) is 10.9 Å². The molecule has 2 bridgehead atoms. The summed E-state index contributed by atoms with van der Waals surface area (Å²) in [4.78, 5) is 24.1. The number of halogens is 2. The van der Waals surface area contributed by atoms with Crippen LogP contribution in [-0.4, -0.2) is 58.7 Å². The standard InChI is InChI=1S/C28H29ClFN5O3/c29-22-10-17(7-8-23(22)30)33-28-21-12-25(26(13-24(21)31-16-32-28)38-19-4-1-2-5-19)34-27(36)6-3-9-35-14-20-11-18(35)15-37-20/h3,6-8,10,12-13,16,18-20H,1-2,4-5,9,11,14-15H2,(H,34,36)(H,31,32,33)/t18-,20-/m0/s1. The molecule has 10 heteroatoms. The van der Waals surface area contributed by atoms with Gasteiger partial charge in [0.25, 0.3) is 0 Å². The second-order valence-corrected chi connectivity index (χ2v) is 10.5. The molecule has 3 aliphatic rings. The van der Waals surface area contributed by atoms with Crippen LogP contribution in [-0.2, 0) is 9.53 Å². The van der Waals surface area contributed by atoms with Crippen LogP contribution < -0.4 is 15.4 Å². The molecule has 8 nitrogen and oxygen atoms in total. The van der Waals surface area contributed by atoms with Gasteiger partial charge in [-0.25, -0.2) is 14.4 Å². The smallest absolute Gasteiger partial charge is 0.248 e. The van der Waals surface area contributed by atoms with E-state index < -0.39 is 5.82 Å². The van der Waals surface area contributed by atoms with E-state index in [-0.39, 0.29) is 17.0 Å². The molecule has 0 unspecified atom stereocenters. The van der Waals surface area contributed by atoms with Gasteiger partial charge in [-0.2, -0.15) is 0 Å². The van der Waals surface area contributed by atoms with Gasteiger partial charge in [0.05, 0.1) is 35.0 Å². The Bertz CT molecular complexity index is 1380. The van der Waals surface area contributed by atoms with Crippen molar-refractivity contribution < 1.29 is 18.7 Å². The van der Waals surface area contributed by atoms with Crippen molar-refractivity contribution in [2.75, 3.05) is 30.3 Å². The number of anilines is 3. The number of aromatic nitrogens is 2. The maximum absolute atomic E-state index is 13.6. The van der Waals surface area contributed by atoms with Gasteiger partial charge in [-0.1, -0.05) is 17.7 Å². The molecular formula is C28H29ClFN5O3. The number of hydrogen-bond acceptors (Lipinski definition) is 7. The number of benzene rings is 2. The Morgan fingerprint density at radius 1 is 1.24 bits per heavy atom. The molecule has 3 fully saturated rings.